The Balaban J connectivity index is 2.09. The molecule has 0 aliphatic carbocycles. The minimum Gasteiger partial charge on any atom is -0.394 e. The van der Waals surface area contributed by atoms with Crippen molar-refractivity contribution in [2.24, 2.45) is 0 Å². The molecule has 2 heterocycles. The van der Waals surface area contributed by atoms with Crippen LogP contribution in [-0.4, -0.2) is 32.3 Å². The van der Waals surface area contributed by atoms with Crippen LogP contribution in [0.3, 0.4) is 0 Å². The molecule has 2 aromatic heterocycles. The van der Waals surface area contributed by atoms with E-state index in [1.54, 1.807) is 23.6 Å². The van der Waals surface area contributed by atoms with Crippen LogP contribution < -0.4 is 10.9 Å². The van der Waals surface area contributed by atoms with Crippen molar-refractivity contribution >= 4 is 17.0 Å². The Bertz CT molecular complexity index is 1330. The van der Waals surface area contributed by atoms with Crippen molar-refractivity contribution in [3.05, 3.63) is 81.9 Å². The molecule has 4 aromatic rings. The Morgan fingerprint density at radius 2 is 1.84 bits per heavy atom. The van der Waals surface area contributed by atoms with E-state index in [1.165, 1.54) is 18.2 Å². The number of fused-ring (bicyclic) bond motifs is 1. The highest BCUT2D eigenvalue weighted by Gasteiger charge is 2.18. The number of para-hydroxylation sites is 1. The first-order chi connectivity index (χ1) is 14.9. The molecule has 2 aromatic carbocycles. The molecule has 0 amide bonds. The maximum atomic E-state index is 13.7. The third kappa shape index (κ3) is 3.92. The number of aromatic nitrogens is 3. The Hall–Kier alpha value is -3.58. The second kappa shape index (κ2) is 8.28. The van der Waals surface area contributed by atoms with Gasteiger partial charge in [0.1, 0.15) is 5.82 Å². The van der Waals surface area contributed by atoms with E-state index < -0.39 is 0 Å². The number of anilines is 1. The molecule has 0 radical (unpaired) electrons. The van der Waals surface area contributed by atoms with Crippen molar-refractivity contribution in [3.63, 3.8) is 0 Å². The summed E-state index contributed by atoms with van der Waals surface area (Å²) in [5.74, 6) is -0.0515. The summed E-state index contributed by atoms with van der Waals surface area (Å²) >= 11 is 0. The van der Waals surface area contributed by atoms with Gasteiger partial charge in [-0.25, -0.2) is 9.37 Å². The number of rotatable bonds is 5. The van der Waals surface area contributed by atoms with Gasteiger partial charge < -0.3 is 10.4 Å². The number of aryl methyl sites for hydroxylation is 2. The van der Waals surface area contributed by atoms with Gasteiger partial charge in [-0.3, -0.25) is 9.36 Å². The maximum Gasteiger partial charge on any atom is 0.256 e. The molecular formula is C24H23FN4O2. The molecule has 158 valence electrons. The van der Waals surface area contributed by atoms with Crippen molar-refractivity contribution in [1.29, 1.82) is 0 Å². The molecule has 0 unspecified atom stereocenters. The molecule has 0 saturated heterocycles. The predicted octanol–water partition coefficient (Wildman–Crippen LogP) is 4.00. The fourth-order valence-corrected chi connectivity index (χ4v) is 3.59. The molecule has 1 atom stereocenters. The second-order valence-corrected chi connectivity index (χ2v) is 7.61. The van der Waals surface area contributed by atoms with Gasteiger partial charge >= 0.3 is 0 Å². The first kappa shape index (κ1) is 20.7. The van der Waals surface area contributed by atoms with Crippen LogP contribution >= 0.6 is 0 Å². The molecule has 6 nitrogen and oxygen atoms in total. The first-order valence-corrected chi connectivity index (χ1v) is 10.0. The molecule has 2 N–H and O–H groups in total. The summed E-state index contributed by atoms with van der Waals surface area (Å²) in [6.07, 6.45) is 0. The standard InChI is InChI=1S/C24H23FN4O2/c1-14-6-4-5-7-20(14)29-21(31)11-10-19-22(18-9-8-17(25)12-15(18)2)27-24(28-23(19)29)26-16(3)13-30/h4-12,16,30H,13H2,1-3H3,(H,26,27,28)/t16-/m1/s1. The lowest BCUT2D eigenvalue weighted by Gasteiger charge is -2.17. The van der Waals surface area contributed by atoms with Gasteiger partial charge in [0.2, 0.25) is 5.95 Å². The smallest absolute Gasteiger partial charge is 0.256 e. The summed E-state index contributed by atoms with van der Waals surface area (Å²) in [4.78, 5) is 22.2. The minimum atomic E-state index is -0.330. The number of nitrogens with one attached hydrogen (secondary N) is 1. The van der Waals surface area contributed by atoms with Gasteiger partial charge in [0.15, 0.2) is 5.65 Å². The molecule has 7 heteroatoms. The van der Waals surface area contributed by atoms with E-state index in [-0.39, 0.29) is 30.0 Å². The lowest BCUT2D eigenvalue weighted by atomic mass is 10.0. The van der Waals surface area contributed by atoms with Gasteiger partial charge in [-0.05, 0) is 62.2 Å². The molecule has 0 aliphatic rings. The SMILES string of the molecule is Cc1cc(F)ccc1-c1nc(N[C@H](C)CO)nc2c1ccc(=O)n2-c1ccccc1C. The number of aliphatic hydroxyl groups excluding tert-OH is 1. The number of halogens is 1. The fourth-order valence-electron chi connectivity index (χ4n) is 3.59. The molecule has 0 saturated carbocycles. The fraction of sp³-hybridized carbons (Fsp3) is 0.208. The lowest BCUT2D eigenvalue weighted by Crippen LogP contribution is -2.23. The second-order valence-electron chi connectivity index (χ2n) is 7.61. The van der Waals surface area contributed by atoms with Crippen LogP contribution in [0.5, 0.6) is 0 Å². The molecule has 4 rings (SSSR count). The van der Waals surface area contributed by atoms with Crippen LogP contribution in [0.4, 0.5) is 10.3 Å². The molecule has 0 fully saturated rings. The number of benzene rings is 2. The van der Waals surface area contributed by atoms with Crippen molar-refractivity contribution < 1.29 is 9.50 Å². The number of pyridine rings is 1. The van der Waals surface area contributed by atoms with E-state index >= 15 is 0 Å². The molecule has 0 aliphatic heterocycles. The Morgan fingerprint density at radius 1 is 1.06 bits per heavy atom. The van der Waals surface area contributed by atoms with E-state index in [9.17, 15) is 14.3 Å². The average Bonchev–Trinajstić information content (AvgIpc) is 2.74. The van der Waals surface area contributed by atoms with Crippen LogP contribution in [0.2, 0.25) is 0 Å². The summed E-state index contributed by atoms with van der Waals surface area (Å²) in [7, 11) is 0. The van der Waals surface area contributed by atoms with Gasteiger partial charge in [0.25, 0.3) is 5.56 Å². The van der Waals surface area contributed by atoms with Crippen LogP contribution in [0.15, 0.2) is 59.4 Å². The van der Waals surface area contributed by atoms with Gasteiger partial charge in [0.05, 0.1) is 18.0 Å². The number of hydrogen-bond acceptors (Lipinski definition) is 5. The van der Waals surface area contributed by atoms with E-state index in [1.807, 2.05) is 38.1 Å². The van der Waals surface area contributed by atoms with Crippen molar-refractivity contribution in [2.45, 2.75) is 26.8 Å². The van der Waals surface area contributed by atoms with E-state index in [0.29, 0.717) is 16.7 Å². The summed E-state index contributed by atoms with van der Waals surface area (Å²) < 4.78 is 15.3. The quantitative estimate of drug-likeness (QED) is 0.512. The molecule has 0 spiro atoms. The monoisotopic (exact) mass is 418 g/mol. The summed E-state index contributed by atoms with van der Waals surface area (Å²) in [5.41, 5.74) is 3.90. The Labute approximate surface area is 179 Å². The highest BCUT2D eigenvalue weighted by atomic mass is 19.1. The van der Waals surface area contributed by atoms with Gasteiger partial charge in [0, 0.05) is 23.1 Å². The summed E-state index contributed by atoms with van der Waals surface area (Å²) in [5, 5.41) is 13.2. The van der Waals surface area contributed by atoms with E-state index in [4.69, 9.17) is 0 Å². The van der Waals surface area contributed by atoms with Crippen LogP contribution in [0.1, 0.15) is 18.1 Å². The van der Waals surface area contributed by atoms with E-state index in [2.05, 4.69) is 15.3 Å². The molecule has 0 bridgehead atoms. The topological polar surface area (TPSA) is 80.0 Å². The summed E-state index contributed by atoms with van der Waals surface area (Å²) in [6.45, 7) is 5.44. The van der Waals surface area contributed by atoms with Crippen molar-refractivity contribution in [3.8, 4) is 16.9 Å². The van der Waals surface area contributed by atoms with Crippen LogP contribution in [-0.2, 0) is 0 Å². The number of nitrogens with zero attached hydrogens (tertiary/aromatic N) is 3. The maximum absolute atomic E-state index is 13.7. The number of hydrogen-bond donors (Lipinski definition) is 2. The van der Waals surface area contributed by atoms with Crippen LogP contribution in [0.25, 0.3) is 28.0 Å². The first-order valence-electron chi connectivity index (χ1n) is 10.0. The normalized spacial score (nSPS) is 12.2. The zero-order valence-corrected chi connectivity index (χ0v) is 17.6. The van der Waals surface area contributed by atoms with Gasteiger partial charge in [-0.2, -0.15) is 4.98 Å². The highest BCUT2D eigenvalue weighted by Crippen LogP contribution is 2.30. The van der Waals surface area contributed by atoms with E-state index in [0.717, 1.165) is 22.4 Å². The van der Waals surface area contributed by atoms with Gasteiger partial charge in [-0.1, -0.05) is 18.2 Å². The Kier molecular flexibility index (Phi) is 5.52. The molecular weight excluding hydrogens is 395 g/mol. The zero-order chi connectivity index (χ0) is 22.1. The lowest BCUT2D eigenvalue weighted by molar-refractivity contribution is 0.281. The Morgan fingerprint density at radius 3 is 2.55 bits per heavy atom. The zero-order valence-electron chi connectivity index (χ0n) is 17.6. The predicted molar refractivity (Wildman–Crippen MR) is 120 cm³/mol. The number of aliphatic hydroxyl groups is 1. The third-order valence-electron chi connectivity index (χ3n) is 5.20. The van der Waals surface area contributed by atoms with Gasteiger partial charge in [-0.15, -0.1) is 0 Å². The average molecular weight is 418 g/mol. The largest absolute Gasteiger partial charge is 0.394 e. The minimum absolute atomic E-state index is 0.105. The summed E-state index contributed by atoms with van der Waals surface area (Å²) in [6, 6.07) is 15.0. The third-order valence-corrected chi connectivity index (χ3v) is 5.20. The van der Waals surface area contributed by atoms with Crippen LogP contribution in [0, 0.1) is 19.7 Å². The van der Waals surface area contributed by atoms with Crippen molar-refractivity contribution in [2.75, 3.05) is 11.9 Å². The molecule has 31 heavy (non-hydrogen) atoms. The highest BCUT2D eigenvalue weighted by molar-refractivity contribution is 5.93. The van der Waals surface area contributed by atoms with Crippen molar-refractivity contribution in [1.82, 2.24) is 14.5 Å².